The van der Waals surface area contributed by atoms with Crippen LogP contribution in [0.25, 0.3) is 0 Å². The molecule has 1 amide bonds. The highest BCUT2D eigenvalue weighted by atomic mass is 19.4. The van der Waals surface area contributed by atoms with Crippen LogP contribution in [0.2, 0.25) is 0 Å². The molecule has 5 nitrogen and oxygen atoms in total. The Morgan fingerprint density at radius 1 is 1.11 bits per heavy atom. The van der Waals surface area contributed by atoms with Crippen LogP contribution in [0.15, 0.2) is 48.5 Å². The van der Waals surface area contributed by atoms with Crippen LogP contribution in [-0.4, -0.2) is 30.1 Å². The van der Waals surface area contributed by atoms with E-state index >= 15 is 0 Å². The smallest absolute Gasteiger partial charge is 0.416 e. The Hall–Kier alpha value is -2.94. The third kappa shape index (κ3) is 5.29. The predicted octanol–water partition coefficient (Wildman–Crippen LogP) is 2.78. The molecule has 2 aromatic carbocycles. The van der Waals surface area contributed by atoms with Crippen LogP contribution >= 0.6 is 0 Å². The van der Waals surface area contributed by atoms with Crippen molar-refractivity contribution < 1.29 is 37.0 Å². The Kier molecular flexibility index (Phi) is 6.74. The number of alkyl halides is 3. The first-order valence-electron chi connectivity index (χ1n) is 8.10. The van der Waals surface area contributed by atoms with Gasteiger partial charge < -0.3 is 15.2 Å². The molecule has 0 saturated carbocycles. The minimum atomic E-state index is -4.55. The molecule has 9 heteroatoms. The lowest BCUT2D eigenvalue weighted by Crippen LogP contribution is -2.45. The van der Waals surface area contributed by atoms with E-state index in [1.54, 1.807) is 6.07 Å². The molecule has 2 rings (SSSR count). The molecule has 0 aliphatic rings. The van der Waals surface area contributed by atoms with Crippen LogP contribution in [0, 0.1) is 5.82 Å². The molecular weight excluding hydrogens is 382 g/mol. The van der Waals surface area contributed by atoms with Crippen molar-refractivity contribution in [3.05, 3.63) is 71.0 Å². The monoisotopic (exact) mass is 399 g/mol. The molecule has 150 valence electrons. The summed E-state index contributed by atoms with van der Waals surface area (Å²) in [6.07, 6.45) is -6.61. The van der Waals surface area contributed by atoms with Gasteiger partial charge in [-0.2, -0.15) is 13.2 Å². The van der Waals surface area contributed by atoms with Gasteiger partial charge in [0.25, 0.3) is 5.91 Å². The zero-order chi connectivity index (χ0) is 20.9. The van der Waals surface area contributed by atoms with Crippen molar-refractivity contribution in [3.8, 4) is 0 Å². The summed E-state index contributed by atoms with van der Waals surface area (Å²) in [5.74, 6) is -2.49. The maximum absolute atomic E-state index is 13.8. The Balaban J connectivity index is 2.14. The van der Waals surface area contributed by atoms with Crippen molar-refractivity contribution in [1.29, 1.82) is 0 Å². The minimum absolute atomic E-state index is 0.0972. The fourth-order valence-corrected chi connectivity index (χ4v) is 2.48. The van der Waals surface area contributed by atoms with E-state index in [1.165, 1.54) is 18.2 Å². The van der Waals surface area contributed by atoms with E-state index in [-0.39, 0.29) is 17.5 Å². The number of hydrogen-bond acceptors (Lipinski definition) is 4. The molecule has 2 N–H and O–H groups in total. The van der Waals surface area contributed by atoms with Crippen molar-refractivity contribution in [2.24, 2.45) is 0 Å². The largest absolute Gasteiger partial charge is 0.467 e. The van der Waals surface area contributed by atoms with Crippen LogP contribution in [0.1, 0.15) is 22.8 Å². The standard InChI is InChI=1S/C19H17F4NO4/c1-28-18(27)15(10-12-4-2-3-5-14(12)20)24-17(26)16(25)11-6-8-13(9-7-11)19(21,22)23/h2-9,15-16,25H,10H2,1H3,(H,24,26)/t15-,16-/m1/s1. The quantitative estimate of drug-likeness (QED) is 0.579. The van der Waals surface area contributed by atoms with E-state index in [2.05, 4.69) is 10.1 Å². The van der Waals surface area contributed by atoms with E-state index in [1.807, 2.05) is 0 Å². The van der Waals surface area contributed by atoms with Gasteiger partial charge in [-0.15, -0.1) is 0 Å². The molecule has 0 saturated heterocycles. The number of methoxy groups -OCH3 is 1. The van der Waals surface area contributed by atoms with E-state index in [0.717, 1.165) is 31.4 Å². The van der Waals surface area contributed by atoms with Gasteiger partial charge in [0.05, 0.1) is 12.7 Å². The Labute approximate surface area is 157 Å². The highest BCUT2D eigenvalue weighted by Gasteiger charge is 2.31. The van der Waals surface area contributed by atoms with Gasteiger partial charge in [-0.1, -0.05) is 30.3 Å². The van der Waals surface area contributed by atoms with E-state index in [0.29, 0.717) is 0 Å². The number of carbonyl (C=O) groups is 2. The average Bonchev–Trinajstić information content (AvgIpc) is 2.67. The van der Waals surface area contributed by atoms with Crippen LogP contribution in [-0.2, 0) is 26.9 Å². The lowest BCUT2D eigenvalue weighted by atomic mass is 10.0. The second kappa shape index (κ2) is 8.83. The van der Waals surface area contributed by atoms with Gasteiger partial charge in [-0.25, -0.2) is 9.18 Å². The lowest BCUT2D eigenvalue weighted by Gasteiger charge is -2.19. The van der Waals surface area contributed by atoms with E-state index in [4.69, 9.17) is 0 Å². The summed E-state index contributed by atoms with van der Waals surface area (Å²) < 4.78 is 56.2. The number of aliphatic hydroxyl groups excluding tert-OH is 1. The number of aliphatic hydroxyl groups is 1. The molecule has 28 heavy (non-hydrogen) atoms. The highest BCUT2D eigenvalue weighted by Crippen LogP contribution is 2.30. The number of benzene rings is 2. The molecular formula is C19H17F4NO4. The highest BCUT2D eigenvalue weighted by molar-refractivity contribution is 5.87. The van der Waals surface area contributed by atoms with Crippen molar-refractivity contribution in [1.82, 2.24) is 5.32 Å². The lowest BCUT2D eigenvalue weighted by molar-refractivity contribution is -0.146. The first kappa shape index (κ1) is 21.4. The molecule has 2 aromatic rings. The number of ether oxygens (including phenoxy) is 1. The molecule has 0 unspecified atom stereocenters. The van der Waals surface area contributed by atoms with Crippen molar-refractivity contribution in [3.63, 3.8) is 0 Å². The van der Waals surface area contributed by atoms with Gasteiger partial charge >= 0.3 is 12.1 Å². The number of rotatable bonds is 6. The van der Waals surface area contributed by atoms with Gasteiger partial charge in [-0.3, -0.25) is 4.79 Å². The van der Waals surface area contributed by atoms with Crippen molar-refractivity contribution in [2.75, 3.05) is 7.11 Å². The topological polar surface area (TPSA) is 75.6 Å². The van der Waals surface area contributed by atoms with Gasteiger partial charge in [0.15, 0.2) is 6.10 Å². The maximum atomic E-state index is 13.8. The summed E-state index contributed by atoms with van der Waals surface area (Å²) in [6, 6.07) is 7.68. The minimum Gasteiger partial charge on any atom is -0.467 e. The summed E-state index contributed by atoms with van der Waals surface area (Å²) in [6.45, 7) is 0. The number of hydrogen-bond donors (Lipinski definition) is 2. The maximum Gasteiger partial charge on any atom is 0.416 e. The number of esters is 1. The molecule has 0 spiro atoms. The average molecular weight is 399 g/mol. The summed E-state index contributed by atoms with van der Waals surface area (Å²) >= 11 is 0. The second-order valence-corrected chi connectivity index (χ2v) is 5.90. The predicted molar refractivity (Wildman–Crippen MR) is 90.5 cm³/mol. The SMILES string of the molecule is COC(=O)[C@@H](Cc1ccccc1F)NC(=O)[C@H](O)c1ccc(C(F)(F)F)cc1. The van der Waals surface area contributed by atoms with Gasteiger partial charge in [-0.05, 0) is 29.3 Å². The van der Waals surface area contributed by atoms with E-state index in [9.17, 15) is 32.3 Å². The summed E-state index contributed by atoms with van der Waals surface area (Å²) in [5.41, 5.74) is -0.891. The number of halogens is 4. The van der Waals surface area contributed by atoms with Gasteiger partial charge in [0, 0.05) is 6.42 Å². The first-order valence-corrected chi connectivity index (χ1v) is 8.10. The molecule has 0 bridgehead atoms. The summed E-state index contributed by atoms with van der Waals surface area (Å²) in [4.78, 5) is 24.2. The molecule has 0 heterocycles. The number of carbonyl (C=O) groups excluding carboxylic acids is 2. The zero-order valence-electron chi connectivity index (χ0n) is 14.7. The van der Waals surface area contributed by atoms with Gasteiger partial charge in [0.2, 0.25) is 0 Å². The van der Waals surface area contributed by atoms with Gasteiger partial charge in [0.1, 0.15) is 11.9 Å². The number of amides is 1. The second-order valence-electron chi connectivity index (χ2n) is 5.90. The molecule has 0 aliphatic carbocycles. The van der Waals surface area contributed by atoms with Crippen molar-refractivity contribution in [2.45, 2.75) is 24.7 Å². The molecule has 2 atom stereocenters. The fourth-order valence-electron chi connectivity index (χ4n) is 2.48. The fraction of sp³-hybridized carbons (Fsp3) is 0.263. The van der Waals surface area contributed by atoms with Crippen LogP contribution < -0.4 is 5.32 Å². The third-order valence-electron chi connectivity index (χ3n) is 3.99. The normalized spacial score (nSPS) is 13.5. The Morgan fingerprint density at radius 3 is 2.25 bits per heavy atom. The van der Waals surface area contributed by atoms with Crippen LogP contribution in [0.4, 0.5) is 17.6 Å². The number of nitrogens with one attached hydrogen (secondary N) is 1. The first-order chi connectivity index (χ1) is 13.1. The summed E-state index contributed by atoms with van der Waals surface area (Å²) in [7, 11) is 1.08. The van der Waals surface area contributed by atoms with Crippen molar-refractivity contribution >= 4 is 11.9 Å². The summed E-state index contributed by atoms with van der Waals surface area (Å²) in [5, 5.41) is 12.3. The Bertz CT molecular complexity index is 837. The zero-order valence-corrected chi connectivity index (χ0v) is 14.7. The molecule has 0 radical (unpaired) electrons. The molecule has 0 fully saturated rings. The van der Waals surface area contributed by atoms with E-state index < -0.39 is 41.6 Å². The molecule has 0 aliphatic heterocycles. The van der Waals surface area contributed by atoms with Crippen LogP contribution in [0.3, 0.4) is 0 Å². The Morgan fingerprint density at radius 2 is 1.71 bits per heavy atom. The third-order valence-corrected chi connectivity index (χ3v) is 3.99. The molecule has 0 aromatic heterocycles. The van der Waals surface area contributed by atoms with Crippen LogP contribution in [0.5, 0.6) is 0 Å².